The van der Waals surface area contributed by atoms with Crippen LogP contribution in [0.1, 0.15) is 54.9 Å². The van der Waals surface area contributed by atoms with E-state index < -0.39 is 23.5 Å². The third-order valence-electron chi connectivity index (χ3n) is 6.76. The van der Waals surface area contributed by atoms with Crippen LogP contribution in [0.2, 0.25) is 0 Å². The van der Waals surface area contributed by atoms with Crippen LogP contribution in [0.4, 0.5) is 38.1 Å². The standard InChI is InChI=1S/C25H28BF6N7/c1-3-38(13-16-6-4-5-7-16)22-18(10-21(26)12-33-22)15-39(23-34-36-37(2)35-23)14-17-8-19(24(27,28)29)11-20(9-17)25(30,31)32/h8-12,16H,3-7,13-15H2,1-2H3. The number of aromatic nitrogens is 5. The van der Waals surface area contributed by atoms with Crippen LogP contribution in [0, 0.1) is 5.92 Å². The number of benzene rings is 1. The second-order valence-electron chi connectivity index (χ2n) is 9.79. The molecule has 0 atom stereocenters. The Hall–Kier alpha value is -3.32. The first kappa shape index (κ1) is 28.7. The van der Waals surface area contributed by atoms with Crippen molar-refractivity contribution in [3.63, 3.8) is 0 Å². The number of hydrogen-bond donors (Lipinski definition) is 0. The second-order valence-corrected chi connectivity index (χ2v) is 9.79. The molecule has 208 valence electrons. The lowest BCUT2D eigenvalue weighted by Crippen LogP contribution is -2.32. The predicted molar refractivity (Wildman–Crippen MR) is 135 cm³/mol. The number of hydrogen-bond acceptors (Lipinski definition) is 6. The zero-order chi connectivity index (χ0) is 28.4. The van der Waals surface area contributed by atoms with E-state index in [1.165, 1.54) is 31.0 Å². The number of nitrogens with zero attached hydrogens (tertiary/aromatic N) is 7. The second kappa shape index (κ2) is 11.4. The van der Waals surface area contributed by atoms with Crippen molar-refractivity contribution in [2.24, 2.45) is 13.0 Å². The third-order valence-corrected chi connectivity index (χ3v) is 6.76. The molecule has 7 nitrogen and oxygen atoms in total. The molecule has 0 saturated heterocycles. The molecule has 1 aromatic carbocycles. The number of tetrazole rings is 1. The summed E-state index contributed by atoms with van der Waals surface area (Å²) in [6.45, 7) is 3.12. The molecule has 2 aromatic heterocycles. The lowest BCUT2D eigenvalue weighted by atomic mass is 9.96. The number of aryl methyl sites for hydroxylation is 1. The van der Waals surface area contributed by atoms with Crippen molar-refractivity contribution in [1.82, 2.24) is 25.2 Å². The first-order valence-corrected chi connectivity index (χ1v) is 12.6. The van der Waals surface area contributed by atoms with Gasteiger partial charge in [0.05, 0.1) is 18.2 Å². The van der Waals surface area contributed by atoms with E-state index >= 15 is 0 Å². The zero-order valence-corrected chi connectivity index (χ0v) is 21.6. The molecule has 0 unspecified atom stereocenters. The van der Waals surface area contributed by atoms with Gasteiger partial charge in [0.25, 0.3) is 5.95 Å². The quantitative estimate of drug-likeness (QED) is 0.285. The topological polar surface area (TPSA) is 63.0 Å². The molecule has 39 heavy (non-hydrogen) atoms. The summed E-state index contributed by atoms with van der Waals surface area (Å²) in [5.74, 6) is 1.20. The van der Waals surface area contributed by atoms with Gasteiger partial charge in [0, 0.05) is 37.9 Å². The molecule has 2 heterocycles. The molecular weight excluding hydrogens is 523 g/mol. The summed E-state index contributed by atoms with van der Waals surface area (Å²) in [6, 6.07) is 3.22. The highest BCUT2D eigenvalue weighted by Crippen LogP contribution is 2.37. The minimum Gasteiger partial charge on any atom is -0.356 e. The van der Waals surface area contributed by atoms with Crippen molar-refractivity contribution < 1.29 is 26.3 Å². The molecule has 0 N–H and O–H groups in total. The van der Waals surface area contributed by atoms with Crippen LogP contribution in [-0.4, -0.2) is 46.1 Å². The van der Waals surface area contributed by atoms with Crippen LogP contribution in [0.25, 0.3) is 0 Å². The smallest absolute Gasteiger partial charge is 0.356 e. The van der Waals surface area contributed by atoms with Crippen molar-refractivity contribution in [3.8, 4) is 0 Å². The molecule has 1 fully saturated rings. The lowest BCUT2D eigenvalue weighted by Gasteiger charge is -2.29. The molecule has 4 rings (SSSR count). The van der Waals surface area contributed by atoms with Crippen LogP contribution in [0.15, 0.2) is 30.5 Å². The van der Waals surface area contributed by atoms with E-state index in [1.807, 2.05) is 6.92 Å². The van der Waals surface area contributed by atoms with E-state index in [0.717, 1.165) is 24.2 Å². The van der Waals surface area contributed by atoms with E-state index in [2.05, 4.69) is 25.3 Å². The van der Waals surface area contributed by atoms with E-state index in [4.69, 9.17) is 7.85 Å². The Kier molecular flexibility index (Phi) is 8.41. The Bertz CT molecular complexity index is 1240. The molecule has 3 aromatic rings. The monoisotopic (exact) mass is 551 g/mol. The third kappa shape index (κ3) is 7.21. The highest BCUT2D eigenvalue weighted by Gasteiger charge is 2.37. The van der Waals surface area contributed by atoms with Gasteiger partial charge < -0.3 is 9.80 Å². The van der Waals surface area contributed by atoms with Gasteiger partial charge in [-0.25, -0.2) is 4.98 Å². The fraction of sp³-hybridized carbons (Fsp3) is 0.520. The molecule has 1 aliphatic rings. The molecule has 0 amide bonds. The molecule has 1 aliphatic carbocycles. The summed E-state index contributed by atoms with van der Waals surface area (Å²) < 4.78 is 81.0. The number of anilines is 2. The average Bonchev–Trinajstić information content (AvgIpc) is 3.53. The van der Waals surface area contributed by atoms with Gasteiger partial charge in [0.2, 0.25) is 0 Å². The molecule has 1 saturated carbocycles. The summed E-state index contributed by atoms with van der Waals surface area (Å²) in [7, 11) is 7.55. The highest BCUT2D eigenvalue weighted by molar-refractivity contribution is 6.32. The maximum atomic E-state index is 13.5. The molecular formula is C25H28BF6N7. The van der Waals surface area contributed by atoms with Crippen molar-refractivity contribution >= 4 is 25.1 Å². The normalized spacial score (nSPS) is 14.7. The Morgan fingerprint density at radius 2 is 1.59 bits per heavy atom. The van der Waals surface area contributed by atoms with Gasteiger partial charge in [-0.1, -0.05) is 29.5 Å². The first-order valence-electron chi connectivity index (χ1n) is 12.6. The Balaban J connectivity index is 1.72. The van der Waals surface area contributed by atoms with E-state index in [-0.39, 0.29) is 30.7 Å². The maximum absolute atomic E-state index is 13.5. The minimum atomic E-state index is -4.96. The number of halogens is 6. The van der Waals surface area contributed by atoms with Crippen LogP contribution in [0.3, 0.4) is 0 Å². The lowest BCUT2D eigenvalue weighted by molar-refractivity contribution is -0.143. The Morgan fingerprint density at radius 3 is 2.13 bits per heavy atom. The Labute approximate surface area is 223 Å². The van der Waals surface area contributed by atoms with Gasteiger partial charge >= 0.3 is 12.4 Å². The van der Waals surface area contributed by atoms with Crippen LogP contribution < -0.4 is 15.3 Å². The molecule has 0 aliphatic heterocycles. The largest absolute Gasteiger partial charge is 0.416 e. The van der Waals surface area contributed by atoms with Crippen molar-refractivity contribution in [2.45, 2.75) is 58.0 Å². The van der Waals surface area contributed by atoms with E-state index in [1.54, 1.807) is 6.07 Å². The van der Waals surface area contributed by atoms with Crippen LogP contribution >= 0.6 is 0 Å². The highest BCUT2D eigenvalue weighted by atomic mass is 19.4. The summed E-state index contributed by atoms with van der Waals surface area (Å²) >= 11 is 0. The van der Waals surface area contributed by atoms with Gasteiger partial charge in [-0.3, -0.25) is 0 Å². The summed E-state index contributed by atoms with van der Waals surface area (Å²) in [5, 5.41) is 11.9. The summed E-state index contributed by atoms with van der Waals surface area (Å²) in [5.41, 5.74) is -1.97. The average molecular weight is 551 g/mol. The van der Waals surface area contributed by atoms with Crippen molar-refractivity contribution in [3.05, 3.63) is 52.7 Å². The fourth-order valence-electron chi connectivity index (χ4n) is 4.93. The molecule has 0 spiro atoms. The zero-order valence-electron chi connectivity index (χ0n) is 21.6. The SMILES string of the molecule is [B]c1cnc(N(CC)CC2CCCC2)c(CN(Cc2cc(C(F)(F)F)cc(C(F)(F)F)c2)c2nnn(C)n2)c1. The van der Waals surface area contributed by atoms with Crippen LogP contribution in [0.5, 0.6) is 0 Å². The molecule has 14 heteroatoms. The number of pyridine rings is 1. The number of alkyl halides is 6. The van der Waals surface area contributed by atoms with Crippen molar-refractivity contribution in [2.75, 3.05) is 22.9 Å². The fourth-order valence-corrected chi connectivity index (χ4v) is 4.93. The minimum absolute atomic E-state index is 0.0256. The summed E-state index contributed by atoms with van der Waals surface area (Å²) in [4.78, 5) is 9.31. The van der Waals surface area contributed by atoms with Gasteiger partial charge in [-0.2, -0.15) is 31.1 Å². The Morgan fingerprint density at radius 1 is 0.949 bits per heavy atom. The van der Waals surface area contributed by atoms with Crippen LogP contribution in [-0.2, 0) is 32.5 Å². The molecule has 2 radical (unpaired) electrons. The van der Waals surface area contributed by atoms with E-state index in [9.17, 15) is 26.3 Å². The maximum Gasteiger partial charge on any atom is 0.416 e. The van der Waals surface area contributed by atoms with Crippen molar-refractivity contribution in [1.29, 1.82) is 0 Å². The van der Waals surface area contributed by atoms with Gasteiger partial charge in [0.1, 0.15) is 13.7 Å². The van der Waals surface area contributed by atoms with Gasteiger partial charge in [-0.15, -0.1) is 5.10 Å². The first-order chi connectivity index (χ1) is 18.3. The van der Waals surface area contributed by atoms with Gasteiger partial charge in [-0.05, 0) is 54.7 Å². The van der Waals surface area contributed by atoms with Gasteiger partial charge in [0.15, 0.2) is 0 Å². The number of rotatable bonds is 9. The van der Waals surface area contributed by atoms with E-state index in [0.29, 0.717) is 41.4 Å². The summed E-state index contributed by atoms with van der Waals surface area (Å²) in [6.07, 6.45) is -3.80. The predicted octanol–water partition coefficient (Wildman–Crippen LogP) is 4.66. The molecule has 0 bridgehead atoms.